The van der Waals surface area contributed by atoms with Gasteiger partial charge in [-0.15, -0.1) is 0 Å². The van der Waals surface area contributed by atoms with Crippen molar-refractivity contribution in [1.82, 2.24) is 10.2 Å². The maximum absolute atomic E-state index is 14.1. The normalized spacial score (nSPS) is 24.7. The Labute approximate surface area is 179 Å². The van der Waals surface area contributed by atoms with E-state index in [1.807, 2.05) is 12.5 Å². The summed E-state index contributed by atoms with van der Waals surface area (Å²) in [5.41, 5.74) is 1.71. The van der Waals surface area contributed by atoms with Crippen LogP contribution < -0.4 is 5.32 Å². The monoisotopic (exact) mass is 437 g/mol. The molecule has 1 saturated heterocycles. The third kappa shape index (κ3) is 4.53. The van der Waals surface area contributed by atoms with Gasteiger partial charge in [0.25, 0.3) is 5.91 Å². The van der Waals surface area contributed by atoms with Gasteiger partial charge in [0.15, 0.2) is 0 Å². The second-order valence-corrected chi connectivity index (χ2v) is 9.19. The first kappa shape index (κ1) is 20.8. The van der Waals surface area contributed by atoms with Crippen LogP contribution in [0.15, 0.2) is 34.2 Å². The van der Waals surface area contributed by atoms with Gasteiger partial charge in [-0.2, -0.15) is 0 Å². The lowest BCUT2D eigenvalue weighted by atomic mass is 9.78. The van der Waals surface area contributed by atoms with Gasteiger partial charge in [0.2, 0.25) is 0 Å². The summed E-state index contributed by atoms with van der Waals surface area (Å²) in [4.78, 5) is 20.6. The van der Waals surface area contributed by atoms with Crippen LogP contribution in [0.1, 0.15) is 36.5 Å². The van der Waals surface area contributed by atoms with Gasteiger partial charge < -0.3 is 10.1 Å². The van der Waals surface area contributed by atoms with Gasteiger partial charge in [-0.1, -0.05) is 29.4 Å². The van der Waals surface area contributed by atoms with E-state index < -0.39 is 11.7 Å². The van der Waals surface area contributed by atoms with E-state index in [1.165, 1.54) is 24.6 Å². The minimum atomic E-state index is -0.613. The molecule has 1 spiro atoms. The van der Waals surface area contributed by atoms with Crippen LogP contribution in [0.4, 0.5) is 4.39 Å². The molecule has 8 heteroatoms. The summed E-state index contributed by atoms with van der Waals surface area (Å²) in [7, 11) is 0. The molecule has 1 saturated carbocycles. The van der Waals surface area contributed by atoms with E-state index in [1.54, 1.807) is 11.8 Å². The zero-order valence-corrected chi connectivity index (χ0v) is 17.9. The van der Waals surface area contributed by atoms with Crippen molar-refractivity contribution < 1.29 is 13.9 Å². The lowest BCUT2D eigenvalue weighted by Crippen LogP contribution is -2.59. The Balaban J connectivity index is 1.52. The van der Waals surface area contributed by atoms with E-state index in [2.05, 4.69) is 21.3 Å². The number of aliphatic imine (C=N–C) groups is 1. The Bertz CT molecular complexity index is 823. The molecule has 1 amide bonds. The minimum Gasteiger partial charge on any atom is -0.372 e. The third-order valence-corrected chi connectivity index (χ3v) is 7.07. The molecule has 0 radical (unpaired) electrons. The van der Waals surface area contributed by atoms with Gasteiger partial charge in [0, 0.05) is 24.5 Å². The Morgan fingerprint density at radius 2 is 2.34 bits per heavy atom. The van der Waals surface area contributed by atoms with Gasteiger partial charge in [-0.3, -0.25) is 14.7 Å². The summed E-state index contributed by atoms with van der Waals surface area (Å²) >= 11 is 7.64. The van der Waals surface area contributed by atoms with Crippen molar-refractivity contribution in [2.75, 3.05) is 26.2 Å². The molecule has 0 bridgehead atoms. The van der Waals surface area contributed by atoms with Crippen LogP contribution >= 0.6 is 23.4 Å². The highest BCUT2D eigenvalue weighted by Crippen LogP contribution is 2.40. The number of benzene rings is 1. The zero-order chi connectivity index (χ0) is 20.4. The molecule has 29 heavy (non-hydrogen) atoms. The van der Waals surface area contributed by atoms with E-state index in [4.69, 9.17) is 16.3 Å². The number of nitrogens with zero attached hydrogens (tertiary/aromatic N) is 2. The number of thioether (sulfide) groups is 1. The van der Waals surface area contributed by atoms with Crippen molar-refractivity contribution >= 4 is 34.8 Å². The summed E-state index contributed by atoms with van der Waals surface area (Å²) in [6.45, 7) is 4.74. The number of morpholine rings is 1. The largest absolute Gasteiger partial charge is 0.372 e. The molecular weight excluding hydrogens is 413 g/mol. The topological polar surface area (TPSA) is 53.9 Å². The summed E-state index contributed by atoms with van der Waals surface area (Å²) in [6, 6.07) is 4.36. The highest BCUT2D eigenvalue weighted by molar-refractivity contribution is 8.15. The average molecular weight is 438 g/mol. The molecule has 1 aliphatic carbocycles. The summed E-state index contributed by atoms with van der Waals surface area (Å²) in [5, 5.41) is 3.03. The smallest absolute Gasteiger partial charge is 0.255 e. The van der Waals surface area contributed by atoms with E-state index in [9.17, 15) is 9.18 Å². The Hall–Kier alpha value is -1.41. The quantitative estimate of drug-likeness (QED) is 0.759. The van der Waals surface area contributed by atoms with Crippen LogP contribution in [0, 0.1) is 5.82 Å². The first-order valence-corrected chi connectivity index (χ1v) is 11.2. The molecule has 0 aromatic heterocycles. The van der Waals surface area contributed by atoms with Gasteiger partial charge in [-0.25, -0.2) is 4.39 Å². The number of halogens is 2. The van der Waals surface area contributed by atoms with Crippen LogP contribution in [-0.2, 0) is 4.74 Å². The number of nitrogens with one attached hydrogen (secondary N) is 1. The fourth-order valence-corrected chi connectivity index (χ4v) is 5.40. The van der Waals surface area contributed by atoms with Gasteiger partial charge in [0.1, 0.15) is 5.82 Å². The molecule has 156 valence electrons. The van der Waals surface area contributed by atoms with E-state index >= 15 is 0 Å². The molecule has 1 aromatic carbocycles. The predicted molar refractivity (Wildman–Crippen MR) is 115 cm³/mol. The van der Waals surface area contributed by atoms with Crippen molar-refractivity contribution in [2.45, 2.75) is 43.9 Å². The number of rotatable bonds is 5. The Morgan fingerprint density at radius 3 is 3.03 bits per heavy atom. The predicted octanol–water partition coefficient (Wildman–Crippen LogP) is 3.88. The molecule has 2 fully saturated rings. The number of amides is 1. The SMILES string of the molecule is CC1C=C(C(CNC(=O)c2c(F)cccc2Cl)N2CCOC3(CCC3)C2)SC=N1. The lowest BCUT2D eigenvalue weighted by Gasteiger charge is -2.50. The molecular formula is C21H25ClFN3O2S. The average Bonchev–Trinajstić information content (AvgIpc) is 2.67. The van der Waals surface area contributed by atoms with Crippen LogP contribution in [0.2, 0.25) is 5.02 Å². The summed E-state index contributed by atoms with van der Waals surface area (Å²) in [6.07, 6.45) is 5.50. The van der Waals surface area contributed by atoms with Crippen LogP contribution in [-0.4, -0.2) is 60.3 Å². The highest BCUT2D eigenvalue weighted by Gasteiger charge is 2.44. The summed E-state index contributed by atoms with van der Waals surface area (Å²) < 4.78 is 20.2. The Morgan fingerprint density at radius 1 is 1.52 bits per heavy atom. The standard InChI is InChI=1S/C21H25ClFN3O2S/c1-14-10-18(29-13-25-14)17(26-8-9-28-21(12-26)6-3-7-21)11-24-20(27)19-15(22)4-2-5-16(19)23/h2,4-5,10,13-14,17H,3,6-9,11-12H2,1H3,(H,24,27). The van der Waals surface area contributed by atoms with Crippen molar-refractivity contribution in [2.24, 2.45) is 4.99 Å². The number of carbonyl (C=O) groups is 1. The van der Waals surface area contributed by atoms with Gasteiger partial charge >= 0.3 is 0 Å². The van der Waals surface area contributed by atoms with E-state index in [0.717, 1.165) is 30.8 Å². The van der Waals surface area contributed by atoms with Gasteiger partial charge in [0.05, 0.1) is 40.4 Å². The highest BCUT2D eigenvalue weighted by atomic mass is 35.5. The molecule has 2 heterocycles. The fraction of sp³-hybridized carbons (Fsp3) is 0.524. The second kappa shape index (κ2) is 8.76. The van der Waals surface area contributed by atoms with Gasteiger partial charge in [-0.05, 0) is 44.4 Å². The number of hydrogen-bond donors (Lipinski definition) is 1. The fourth-order valence-electron chi connectivity index (χ4n) is 4.11. The lowest BCUT2D eigenvalue weighted by molar-refractivity contribution is -0.155. The number of carbonyl (C=O) groups excluding carboxylic acids is 1. The molecule has 2 atom stereocenters. The second-order valence-electron chi connectivity index (χ2n) is 7.86. The molecule has 3 aliphatic rings. The van der Waals surface area contributed by atoms with Crippen molar-refractivity contribution in [3.05, 3.63) is 45.6 Å². The molecule has 2 aliphatic heterocycles. The molecule has 4 rings (SSSR count). The first-order valence-electron chi connectivity index (χ1n) is 9.98. The third-order valence-electron chi connectivity index (χ3n) is 5.85. The number of ether oxygens (including phenoxy) is 1. The van der Waals surface area contributed by atoms with E-state index in [-0.39, 0.29) is 28.3 Å². The van der Waals surface area contributed by atoms with Crippen molar-refractivity contribution in [1.29, 1.82) is 0 Å². The summed E-state index contributed by atoms with van der Waals surface area (Å²) in [5.74, 6) is -1.11. The van der Waals surface area contributed by atoms with Crippen LogP contribution in [0.5, 0.6) is 0 Å². The Kier molecular flexibility index (Phi) is 6.30. The minimum absolute atomic E-state index is 0.00919. The van der Waals surface area contributed by atoms with Crippen LogP contribution in [0.3, 0.4) is 0 Å². The van der Waals surface area contributed by atoms with Crippen molar-refractivity contribution in [3.8, 4) is 0 Å². The van der Waals surface area contributed by atoms with E-state index in [0.29, 0.717) is 13.2 Å². The van der Waals surface area contributed by atoms with Crippen molar-refractivity contribution in [3.63, 3.8) is 0 Å². The molecule has 1 N–H and O–H groups in total. The molecule has 2 unspecified atom stereocenters. The maximum Gasteiger partial charge on any atom is 0.255 e. The first-order chi connectivity index (χ1) is 14.0. The van der Waals surface area contributed by atoms with Crippen LogP contribution in [0.25, 0.3) is 0 Å². The zero-order valence-electron chi connectivity index (χ0n) is 16.4. The molecule has 1 aromatic rings. The molecule has 5 nitrogen and oxygen atoms in total. The number of hydrogen-bond acceptors (Lipinski definition) is 5. The maximum atomic E-state index is 14.1.